The molecule has 1 aliphatic rings. The highest BCUT2D eigenvalue weighted by atomic mass is 16.2. The fourth-order valence-electron chi connectivity index (χ4n) is 2.89. The van der Waals surface area contributed by atoms with Crippen molar-refractivity contribution in [2.24, 2.45) is 0 Å². The highest BCUT2D eigenvalue weighted by molar-refractivity contribution is 5.93. The number of hydrogen-bond donors (Lipinski definition) is 0. The van der Waals surface area contributed by atoms with Crippen LogP contribution in [0.5, 0.6) is 0 Å². The number of hydrogen-bond acceptors (Lipinski definition) is 4. The molecule has 0 saturated carbocycles. The van der Waals surface area contributed by atoms with Gasteiger partial charge < -0.3 is 4.90 Å². The third-order valence-corrected chi connectivity index (χ3v) is 4.30. The first-order chi connectivity index (χ1) is 11.2. The van der Waals surface area contributed by atoms with Crippen molar-refractivity contribution in [2.45, 2.75) is 39.3 Å². The van der Waals surface area contributed by atoms with Crippen molar-refractivity contribution in [1.82, 2.24) is 24.9 Å². The lowest BCUT2D eigenvalue weighted by atomic mass is 10.2. The molecule has 0 radical (unpaired) electrons. The lowest BCUT2D eigenvalue weighted by Gasteiger charge is -2.24. The number of carbonyl (C=O) groups is 1. The normalized spacial score (nSPS) is 18.4. The zero-order chi connectivity index (χ0) is 16.2. The molecule has 1 atom stereocenters. The summed E-state index contributed by atoms with van der Waals surface area (Å²) in [5.41, 5.74) is 2.55. The maximum absolute atomic E-state index is 12.4. The highest BCUT2D eigenvalue weighted by Crippen LogP contribution is 2.22. The van der Waals surface area contributed by atoms with Crippen LogP contribution in [-0.2, 0) is 11.3 Å². The summed E-state index contributed by atoms with van der Waals surface area (Å²) in [4.78, 5) is 18.5. The van der Waals surface area contributed by atoms with Gasteiger partial charge in [-0.05, 0) is 38.8 Å². The first kappa shape index (κ1) is 15.4. The fraction of sp³-hybridized carbons (Fsp3) is 0.412. The summed E-state index contributed by atoms with van der Waals surface area (Å²) >= 11 is 0. The van der Waals surface area contributed by atoms with Crippen molar-refractivity contribution in [3.8, 4) is 11.3 Å². The van der Waals surface area contributed by atoms with E-state index >= 15 is 0 Å². The van der Waals surface area contributed by atoms with Crippen LogP contribution < -0.4 is 0 Å². The van der Waals surface area contributed by atoms with Crippen LogP contribution in [0.4, 0.5) is 0 Å². The molecule has 0 spiro atoms. The van der Waals surface area contributed by atoms with Crippen LogP contribution in [0.3, 0.4) is 0 Å². The van der Waals surface area contributed by atoms with Crippen molar-refractivity contribution < 1.29 is 4.79 Å². The zero-order valence-electron chi connectivity index (χ0n) is 13.5. The number of pyridine rings is 1. The molecule has 1 fully saturated rings. The maximum Gasteiger partial charge on any atom is 0.249 e. The standard InChI is InChI=1S/C17H21N5O/c1-3-13(2)17(23)22-9-5-7-15(22)11-21-12-16(19-20-21)14-6-4-8-18-10-14/h3-4,6,8,10,12,15H,5,7,9,11H2,1-2H3/b13-3+. The van der Waals surface area contributed by atoms with E-state index in [1.807, 2.05) is 47.8 Å². The minimum absolute atomic E-state index is 0.127. The SMILES string of the molecule is C/C=C(\C)C(=O)N1CCCC1Cn1cc(-c2cccnc2)nn1. The molecule has 1 aliphatic heterocycles. The number of carbonyl (C=O) groups excluding carboxylic acids is 1. The summed E-state index contributed by atoms with van der Waals surface area (Å²) in [6.07, 6.45) is 9.34. The Morgan fingerprint density at radius 1 is 1.48 bits per heavy atom. The van der Waals surface area contributed by atoms with Gasteiger partial charge in [-0.2, -0.15) is 0 Å². The molecule has 23 heavy (non-hydrogen) atoms. The molecular weight excluding hydrogens is 290 g/mol. The Balaban J connectivity index is 1.72. The van der Waals surface area contributed by atoms with Crippen LogP contribution in [-0.4, -0.2) is 43.4 Å². The number of nitrogens with zero attached hydrogens (tertiary/aromatic N) is 5. The van der Waals surface area contributed by atoms with Gasteiger partial charge in [-0.3, -0.25) is 9.78 Å². The average molecular weight is 311 g/mol. The molecule has 0 aliphatic carbocycles. The van der Waals surface area contributed by atoms with Crippen molar-refractivity contribution in [1.29, 1.82) is 0 Å². The van der Waals surface area contributed by atoms with Crippen LogP contribution in [0.15, 0.2) is 42.4 Å². The summed E-state index contributed by atoms with van der Waals surface area (Å²) in [6, 6.07) is 4.02. The second-order valence-corrected chi connectivity index (χ2v) is 5.83. The Morgan fingerprint density at radius 3 is 3.09 bits per heavy atom. The molecule has 120 valence electrons. The number of likely N-dealkylation sites (tertiary alicyclic amines) is 1. The molecular formula is C17H21N5O. The summed E-state index contributed by atoms with van der Waals surface area (Å²) in [5, 5.41) is 8.41. The smallest absolute Gasteiger partial charge is 0.249 e. The molecule has 6 heteroatoms. The van der Waals surface area contributed by atoms with Gasteiger partial charge in [0, 0.05) is 30.1 Å². The molecule has 6 nitrogen and oxygen atoms in total. The van der Waals surface area contributed by atoms with E-state index in [4.69, 9.17) is 0 Å². The molecule has 3 rings (SSSR count). The Labute approximate surface area is 135 Å². The molecule has 0 N–H and O–H groups in total. The molecule has 2 aromatic heterocycles. The fourth-order valence-corrected chi connectivity index (χ4v) is 2.89. The predicted octanol–water partition coefficient (Wildman–Crippen LogP) is 2.30. The van der Waals surface area contributed by atoms with Gasteiger partial charge in [-0.25, -0.2) is 4.68 Å². The minimum Gasteiger partial charge on any atom is -0.334 e. The summed E-state index contributed by atoms with van der Waals surface area (Å²) < 4.78 is 1.82. The lowest BCUT2D eigenvalue weighted by molar-refractivity contribution is -0.128. The van der Waals surface area contributed by atoms with Gasteiger partial charge >= 0.3 is 0 Å². The van der Waals surface area contributed by atoms with E-state index < -0.39 is 0 Å². The van der Waals surface area contributed by atoms with Crippen molar-refractivity contribution in [2.75, 3.05) is 6.54 Å². The third-order valence-electron chi connectivity index (χ3n) is 4.30. The number of amides is 1. The predicted molar refractivity (Wildman–Crippen MR) is 87.4 cm³/mol. The van der Waals surface area contributed by atoms with Crippen LogP contribution >= 0.6 is 0 Å². The second-order valence-electron chi connectivity index (χ2n) is 5.83. The van der Waals surface area contributed by atoms with Gasteiger partial charge in [0.1, 0.15) is 5.69 Å². The average Bonchev–Trinajstić information content (AvgIpc) is 3.24. The summed E-state index contributed by atoms with van der Waals surface area (Å²) in [7, 11) is 0. The van der Waals surface area contributed by atoms with E-state index in [1.54, 1.807) is 12.4 Å². The summed E-state index contributed by atoms with van der Waals surface area (Å²) in [6.45, 7) is 5.26. The van der Waals surface area contributed by atoms with E-state index in [0.717, 1.165) is 36.2 Å². The van der Waals surface area contributed by atoms with E-state index in [9.17, 15) is 4.79 Å². The molecule has 1 saturated heterocycles. The van der Waals surface area contributed by atoms with Gasteiger partial charge in [-0.1, -0.05) is 11.3 Å². The Morgan fingerprint density at radius 2 is 2.35 bits per heavy atom. The Hall–Kier alpha value is -2.50. The largest absolute Gasteiger partial charge is 0.334 e. The first-order valence-electron chi connectivity index (χ1n) is 7.93. The molecule has 2 aromatic rings. The molecule has 3 heterocycles. The summed E-state index contributed by atoms with van der Waals surface area (Å²) in [5.74, 6) is 0.127. The molecule has 1 amide bonds. The quantitative estimate of drug-likeness (QED) is 0.813. The number of allylic oxidation sites excluding steroid dienone is 1. The second kappa shape index (κ2) is 6.73. The third kappa shape index (κ3) is 3.31. The number of aromatic nitrogens is 4. The van der Waals surface area contributed by atoms with Crippen molar-refractivity contribution >= 4 is 5.91 Å². The van der Waals surface area contributed by atoms with Gasteiger partial charge in [0.15, 0.2) is 0 Å². The van der Waals surface area contributed by atoms with Gasteiger partial charge in [0.2, 0.25) is 5.91 Å². The van der Waals surface area contributed by atoms with Crippen LogP contribution in [0.1, 0.15) is 26.7 Å². The highest BCUT2D eigenvalue weighted by Gasteiger charge is 2.29. The van der Waals surface area contributed by atoms with E-state index in [1.165, 1.54) is 0 Å². The maximum atomic E-state index is 12.4. The minimum atomic E-state index is 0.127. The Bertz CT molecular complexity index is 707. The van der Waals surface area contributed by atoms with Gasteiger partial charge in [-0.15, -0.1) is 5.10 Å². The van der Waals surface area contributed by atoms with Gasteiger partial charge in [0.25, 0.3) is 0 Å². The molecule has 1 unspecified atom stereocenters. The topological polar surface area (TPSA) is 63.9 Å². The zero-order valence-corrected chi connectivity index (χ0v) is 13.5. The van der Waals surface area contributed by atoms with Crippen LogP contribution in [0.2, 0.25) is 0 Å². The monoisotopic (exact) mass is 311 g/mol. The lowest BCUT2D eigenvalue weighted by Crippen LogP contribution is -2.38. The Kier molecular flexibility index (Phi) is 4.50. The van der Waals surface area contributed by atoms with Crippen molar-refractivity contribution in [3.05, 3.63) is 42.4 Å². The van der Waals surface area contributed by atoms with Crippen LogP contribution in [0.25, 0.3) is 11.3 Å². The van der Waals surface area contributed by atoms with Crippen LogP contribution in [0, 0.1) is 0 Å². The van der Waals surface area contributed by atoms with E-state index in [2.05, 4.69) is 15.3 Å². The first-order valence-corrected chi connectivity index (χ1v) is 7.93. The van der Waals surface area contributed by atoms with Gasteiger partial charge in [0.05, 0.1) is 18.8 Å². The van der Waals surface area contributed by atoms with Crippen molar-refractivity contribution in [3.63, 3.8) is 0 Å². The number of rotatable bonds is 4. The molecule has 0 aromatic carbocycles. The molecule has 0 bridgehead atoms. The van der Waals surface area contributed by atoms with E-state index in [-0.39, 0.29) is 11.9 Å². The van der Waals surface area contributed by atoms with E-state index in [0.29, 0.717) is 6.54 Å².